The van der Waals surface area contributed by atoms with E-state index in [2.05, 4.69) is 31.0 Å². The fraction of sp³-hybridized carbons (Fsp3) is 0.462. The van der Waals surface area contributed by atoms with Crippen molar-refractivity contribution in [2.24, 2.45) is 5.92 Å². The first-order valence-corrected chi connectivity index (χ1v) is 12.4. The molecular formula is C26H32FN7O3. The molecule has 1 aliphatic carbocycles. The summed E-state index contributed by atoms with van der Waals surface area (Å²) in [4.78, 5) is 30.4. The van der Waals surface area contributed by atoms with E-state index in [1.54, 1.807) is 36.8 Å². The Kier molecular flexibility index (Phi) is 8.54. The van der Waals surface area contributed by atoms with Crippen molar-refractivity contribution < 1.29 is 18.7 Å². The van der Waals surface area contributed by atoms with Gasteiger partial charge in [-0.25, -0.2) is 9.37 Å². The number of amides is 2. The lowest BCUT2D eigenvalue weighted by molar-refractivity contribution is -0.125. The number of aromatic nitrogens is 5. The van der Waals surface area contributed by atoms with Gasteiger partial charge in [-0.3, -0.25) is 9.59 Å². The summed E-state index contributed by atoms with van der Waals surface area (Å²) >= 11 is 0. The number of hydrogen-bond acceptors (Lipinski definition) is 7. The minimum Gasteiger partial charge on any atom is -0.375 e. The zero-order chi connectivity index (χ0) is 26.4. The number of methoxy groups -OCH3 is 1. The van der Waals surface area contributed by atoms with Crippen LogP contribution in [0.5, 0.6) is 0 Å². The molecule has 10 nitrogen and oxygen atoms in total. The third kappa shape index (κ3) is 7.16. The van der Waals surface area contributed by atoms with Crippen LogP contribution in [0.1, 0.15) is 53.0 Å². The molecular weight excluding hydrogens is 477 g/mol. The largest absolute Gasteiger partial charge is 0.375 e. The van der Waals surface area contributed by atoms with Gasteiger partial charge in [0.1, 0.15) is 18.1 Å². The number of tetrazole rings is 1. The van der Waals surface area contributed by atoms with Gasteiger partial charge in [-0.1, -0.05) is 12.1 Å². The van der Waals surface area contributed by atoms with Gasteiger partial charge in [0.05, 0.1) is 6.54 Å². The molecule has 0 atom stereocenters. The van der Waals surface area contributed by atoms with Crippen LogP contribution in [-0.4, -0.2) is 56.8 Å². The zero-order valence-corrected chi connectivity index (χ0v) is 21.3. The van der Waals surface area contributed by atoms with Gasteiger partial charge in [0.2, 0.25) is 11.7 Å². The smallest absolute Gasteiger partial charge is 0.270 e. The van der Waals surface area contributed by atoms with Crippen molar-refractivity contribution in [3.63, 3.8) is 0 Å². The van der Waals surface area contributed by atoms with Crippen LogP contribution in [0.4, 0.5) is 4.39 Å². The lowest BCUT2D eigenvalue weighted by Crippen LogP contribution is -2.39. The SMILES string of the molecule is COCC(=O)N[C@H]1CC[C@H](Cn2nnc(-c3cc(C)nc(C(=O)NCc4ccc(F)c(C)c4)c3)n2)CC1. The summed E-state index contributed by atoms with van der Waals surface area (Å²) < 4.78 is 18.4. The summed E-state index contributed by atoms with van der Waals surface area (Å²) in [5.41, 5.74) is 2.89. The molecule has 4 rings (SSSR count). The van der Waals surface area contributed by atoms with Gasteiger partial charge >= 0.3 is 0 Å². The number of hydrogen-bond donors (Lipinski definition) is 2. The highest BCUT2D eigenvalue weighted by molar-refractivity contribution is 5.93. The van der Waals surface area contributed by atoms with Gasteiger partial charge in [0.25, 0.3) is 5.91 Å². The van der Waals surface area contributed by atoms with Gasteiger partial charge < -0.3 is 15.4 Å². The highest BCUT2D eigenvalue weighted by Crippen LogP contribution is 2.26. The molecule has 0 saturated heterocycles. The van der Waals surface area contributed by atoms with Crippen LogP contribution >= 0.6 is 0 Å². The Morgan fingerprint density at radius 3 is 2.65 bits per heavy atom. The van der Waals surface area contributed by atoms with E-state index in [1.165, 1.54) is 13.2 Å². The molecule has 196 valence electrons. The van der Waals surface area contributed by atoms with Gasteiger partial charge in [0, 0.05) is 31.0 Å². The number of benzene rings is 1. The maximum atomic E-state index is 13.5. The van der Waals surface area contributed by atoms with Crippen molar-refractivity contribution in [1.29, 1.82) is 0 Å². The average Bonchev–Trinajstić information content (AvgIpc) is 3.34. The Hall–Kier alpha value is -3.73. The molecule has 0 radical (unpaired) electrons. The van der Waals surface area contributed by atoms with Crippen LogP contribution < -0.4 is 10.6 Å². The Morgan fingerprint density at radius 2 is 1.92 bits per heavy atom. The third-order valence-electron chi connectivity index (χ3n) is 6.48. The first-order chi connectivity index (χ1) is 17.8. The van der Waals surface area contributed by atoms with E-state index in [4.69, 9.17) is 4.74 Å². The summed E-state index contributed by atoms with van der Waals surface area (Å²) in [5.74, 6) is 0.121. The minimum absolute atomic E-state index is 0.0807. The second-order valence-electron chi connectivity index (χ2n) is 9.53. The highest BCUT2D eigenvalue weighted by atomic mass is 19.1. The molecule has 0 bridgehead atoms. The monoisotopic (exact) mass is 509 g/mol. The summed E-state index contributed by atoms with van der Waals surface area (Å²) in [6.45, 7) is 4.47. The van der Waals surface area contributed by atoms with Crippen LogP contribution in [0.3, 0.4) is 0 Å². The van der Waals surface area contributed by atoms with Crippen LogP contribution in [0.2, 0.25) is 0 Å². The van der Waals surface area contributed by atoms with Gasteiger partial charge in [-0.2, -0.15) is 4.80 Å². The maximum absolute atomic E-state index is 13.5. The molecule has 3 aromatic rings. The first kappa shape index (κ1) is 26.3. The van der Waals surface area contributed by atoms with E-state index in [1.807, 2.05) is 6.07 Å². The van der Waals surface area contributed by atoms with Crippen molar-refractivity contribution in [2.75, 3.05) is 13.7 Å². The molecule has 0 unspecified atom stereocenters. The average molecular weight is 510 g/mol. The second-order valence-corrected chi connectivity index (χ2v) is 9.53. The Morgan fingerprint density at radius 1 is 1.14 bits per heavy atom. The number of nitrogens with zero attached hydrogens (tertiary/aromatic N) is 5. The molecule has 2 heterocycles. The summed E-state index contributed by atoms with van der Waals surface area (Å²) in [6.07, 6.45) is 3.73. The van der Waals surface area contributed by atoms with E-state index in [9.17, 15) is 14.0 Å². The molecule has 0 spiro atoms. The Balaban J connectivity index is 1.34. The number of nitrogens with one attached hydrogen (secondary N) is 2. The molecule has 37 heavy (non-hydrogen) atoms. The van der Waals surface area contributed by atoms with E-state index >= 15 is 0 Å². The van der Waals surface area contributed by atoms with Crippen LogP contribution in [-0.2, 0) is 22.6 Å². The summed E-state index contributed by atoms with van der Waals surface area (Å²) in [6, 6.07) is 8.37. The molecule has 0 aliphatic heterocycles. The molecule has 2 amide bonds. The van der Waals surface area contributed by atoms with Gasteiger partial charge in [-0.05, 0) is 80.0 Å². The van der Waals surface area contributed by atoms with Gasteiger partial charge in [-0.15, -0.1) is 10.2 Å². The van der Waals surface area contributed by atoms with Crippen molar-refractivity contribution in [3.8, 4) is 11.4 Å². The summed E-state index contributed by atoms with van der Waals surface area (Å²) in [5, 5.41) is 18.8. The molecule has 1 fully saturated rings. The van der Waals surface area contributed by atoms with Gasteiger partial charge in [0.15, 0.2) is 0 Å². The predicted octanol–water partition coefficient (Wildman–Crippen LogP) is 2.74. The molecule has 1 aliphatic rings. The van der Waals surface area contributed by atoms with Crippen molar-refractivity contribution in [1.82, 2.24) is 35.8 Å². The lowest BCUT2D eigenvalue weighted by atomic mass is 9.86. The lowest BCUT2D eigenvalue weighted by Gasteiger charge is -2.28. The Bertz CT molecular complexity index is 1250. The third-order valence-corrected chi connectivity index (χ3v) is 6.48. The van der Waals surface area contributed by atoms with E-state index in [-0.39, 0.29) is 42.5 Å². The number of pyridine rings is 1. The Labute approximate surface area is 215 Å². The number of ether oxygens (including phenoxy) is 1. The van der Waals surface area contributed by atoms with Crippen LogP contribution in [0.25, 0.3) is 11.4 Å². The molecule has 11 heteroatoms. The predicted molar refractivity (Wildman–Crippen MR) is 134 cm³/mol. The maximum Gasteiger partial charge on any atom is 0.270 e. The van der Waals surface area contributed by atoms with Crippen molar-refractivity contribution >= 4 is 11.8 Å². The van der Waals surface area contributed by atoms with Crippen molar-refractivity contribution in [2.45, 2.75) is 58.7 Å². The number of carbonyl (C=O) groups is 2. The molecule has 2 N–H and O–H groups in total. The number of carbonyl (C=O) groups excluding carboxylic acids is 2. The molecule has 1 aromatic carbocycles. The van der Waals surface area contributed by atoms with Crippen molar-refractivity contribution in [3.05, 3.63) is 58.7 Å². The minimum atomic E-state index is -0.339. The van der Waals surface area contributed by atoms with E-state index in [0.717, 1.165) is 31.2 Å². The summed E-state index contributed by atoms with van der Waals surface area (Å²) in [7, 11) is 1.51. The normalized spacial score (nSPS) is 17.4. The van der Waals surface area contributed by atoms with E-state index in [0.29, 0.717) is 35.1 Å². The standard InChI is InChI=1S/C26H32FN7O3/c1-16-10-19(6-9-22(16)27)13-28-26(36)23-12-20(11-17(2)29-23)25-31-33-34(32-25)14-18-4-7-21(8-5-18)30-24(35)15-37-3/h6,9-12,18,21H,4-5,7-8,13-15H2,1-3H3,(H,28,36)(H,30,35)/t18-,21-. The van der Waals surface area contributed by atoms with Crippen LogP contribution in [0, 0.1) is 25.6 Å². The topological polar surface area (TPSA) is 124 Å². The van der Waals surface area contributed by atoms with E-state index < -0.39 is 0 Å². The first-order valence-electron chi connectivity index (χ1n) is 12.4. The quantitative estimate of drug-likeness (QED) is 0.455. The fourth-order valence-corrected chi connectivity index (χ4v) is 4.56. The van der Waals surface area contributed by atoms with Crippen LogP contribution in [0.15, 0.2) is 30.3 Å². The highest BCUT2D eigenvalue weighted by Gasteiger charge is 2.23. The fourth-order valence-electron chi connectivity index (χ4n) is 4.56. The molecule has 2 aromatic heterocycles. The molecule has 1 saturated carbocycles. The second kappa shape index (κ2) is 12.0. The number of aryl methyl sites for hydroxylation is 2. The number of rotatable bonds is 9. The number of halogens is 1. The zero-order valence-electron chi connectivity index (χ0n) is 21.3.